The maximum atomic E-state index is 13.4. The molecule has 0 N–H and O–H groups in total. The van der Waals surface area contributed by atoms with Gasteiger partial charge in [0, 0.05) is 25.0 Å². The van der Waals surface area contributed by atoms with Crippen molar-refractivity contribution in [3.63, 3.8) is 0 Å². The SMILES string of the molecule is O=S(=O)(c1cc(F)cc(F)c1)N1CCCC(Oc2ncc(Br)cn2)C1. The summed E-state index contributed by atoms with van der Waals surface area (Å²) in [7, 11) is -4.01. The largest absolute Gasteiger partial charge is 0.459 e. The van der Waals surface area contributed by atoms with Gasteiger partial charge in [-0.3, -0.25) is 0 Å². The lowest BCUT2D eigenvalue weighted by atomic mass is 10.1. The molecule has 1 aromatic carbocycles. The van der Waals surface area contributed by atoms with Gasteiger partial charge in [0.05, 0.1) is 15.9 Å². The minimum atomic E-state index is -4.01. The van der Waals surface area contributed by atoms with Crippen LogP contribution < -0.4 is 4.74 Å². The number of ether oxygens (including phenoxy) is 1. The van der Waals surface area contributed by atoms with Gasteiger partial charge in [-0.25, -0.2) is 27.2 Å². The van der Waals surface area contributed by atoms with E-state index in [1.54, 1.807) is 0 Å². The zero-order chi connectivity index (χ0) is 18.0. The van der Waals surface area contributed by atoms with Crippen molar-refractivity contribution in [2.24, 2.45) is 0 Å². The lowest BCUT2D eigenvalue weighted by Crippen LogP contribution is -2.44. The Morgan fingerprint density at radius 2 is 1.80 bits per heavy atom. The molecule has 0 bridgehead atoms. The molecule has 1 unspecified atom stereocenters. The van der Waals surface area contributed by atoms with Crippen LogP contribution in [0.25, 0.3) is 0 Å². The van der Waals surface area contributed by atoms with Crippen LogP contribution in [0.4, 0.5) is 8.78 Å². The van der Waals surface area contributed by atoms with Crippen molar-refractivity contribution in [2.75, 3.05) is 13.1 Å². The summed E-state index contributed by atoms with van der Waals surface area (Å²) in [6.07, 6.45) is 3.79. The van der Waals surface area contributed by atoms with Crippen LogP contribution in [-0.2, 0) is 10.0 Å². The number of sulfonamides is 1. The smallest absolute Gasteiger partial charge is 0.316 e. The van der Waals surface area contributed by atoms with E-state index in [-0.39, 0.29) is 19.1 Å². The van der Waals surface area contributed by atoms with E-state index < -0.39 is 32.7 Å². The molecule has 1 aliphatic rings. The number of piperidine rings is 1. The summed E-state index contributed by atoms with van der Waals surface area (Å²) in [5.41, 5.74) is 0. The number of hydrogen-bond acceptors (Lipinski definition) is 5. The van der Waals surface area contributed by atoms with Crippen LogP contribution in [-0.4, -0.2) is 41.9 Å². The van der Waals surface area contributed by atoms with Crippen LogP contribution in [0, 0.1) is 11.6 Å². The minimum Gasteiger partial charge on any atom is -0.459 e. The highest BCUT2D eigenvalue weighted by atomic mass is 79.9. The maximum absolute atomic E-state index is 13.4. The highest BCUT2D eigenvalue weighted by Gasteiger charge is 2.32. The third-order valence-electron chi connectivity index (χ3n) is 3.68. The molecule has 6 nitrogen and oxygen atoms in total. The van der Waals surface area contributed by atoms with Gasteiger partial charge in [0.15, 0.2) is 0 Å². The van der Waals surface area contributed by atoms with E-state index in [2.05, 4.69) is 25.9 Å². The van der Waals surface area contributed by atoms with Gasteiger partial charge in [-0.15, -0.1) is 0 Å². The Bertz CT molecular complexity index is 845. The van der Waals surface area contributed by atoms with Crippen molar-refractivity contribution < 1.29 is 21.9 Å². The predicted octanol–water partition coefficient (Wildman–Crippen LogP) is 2.75. The quantitative estimate of drug-likeness (QED) is 0.740. The highest BCUT2D eigenvalue weighted by Crippen LogP contribution is 2.24. The van der Waals surface area contributed by atoms with Gasteiger partial charge in [-0.2, -0.15) is 4.31 Å². The van der Waals surface area contributed by atoms with Crippen LogP contribution in [0.3, 0.4) is 0 Å². The van der Waals surface area contributed by atoms with Crippen molar-refractivity contribution >= 4 is 26.0 Å². The Balaban J connectivity index is 1.76. The molecule has 2 aromatic rings. The monoisotopic (exact) mass is 433 g/mol. The van der Waals surface area contributed by atoms with Crippen LogP contribution in [0.5, 0.6) is 6.01 Å². The second-order valence-corrected chi connectivity index (χ2v) is 8.39. The zero-order valence-corrected chi connectivity index (χ0v) is 15.3. The fourth-order valence-electron chi connectivity index (χ4n) is 2.56. The average Bonchev–Trinajstić information content (AvgIpc) is 2.56. The topological polar surface area (TPSA) is 72.4 Å². The number of rotatable bonds is 4. The molecule has 0 spiro atoms. The fraction of sp³-hybridized carbons (Fsp3) is 0.333. The van der Waals surface area contributed by atoms with E-state index in [0.29, 0.717) is 23.4 Å². The molecule has 25 heavy (non-hydrogen) atoms. The first-order valence-corrected chi connectivity index (χ1v) is 9.68. The van der Waals surface area contributed by atoms with Crippen LogP contribution in [0.1, 0.15) is 12.8 Å². The third kappa shape index (κ3) is 4.31. The first-order valence-electron chi connectivity index (χ1n) is 7.45. The number of benzene rings is 1. The summed E-state index contributed by atoms with van der Waals surface area (Å²) in [4.78, 5) is 7.58. The van der Waals surface area contributed by atoms with Gasteiger partial charge in [-0.05, 0) is 40.9 Å². The molecular weight excluding hydrogens is 420 g/mol. The number of hydrogen-bond donors (Lipinski definition) is 0. The summed E-state index contributed by atoms with van der Waals surface area (Å²) in [6, 6.07) is 2.39. The Hall–Kier alpha value is -1.65. The van der Waals surface area contributed by atoms with Crippen molar-refractivity contribution in [3.05, 3.63) is 46.7 Å². The molecule has 3 rings (SSSR count). The van der Waals surface area contributed by atoms with Gasteiger partial charge < -0.3 is 4.74 Å². The first-order chi connectivity index (χ1) is 11.8. The lowest BCUT2D eigenvalue weighted by Gasteiger charge is -2.31. The third-order valence-corrected chi connectivity index (χ3v) is 5.94. The number of aromatic nitrogens is 2. The van der Waals surface area contributed by atoms with Crippen LogP contribution >= 0.6 is 15.9 Å². The normalized spacial score (nSPS) is 18.9. The van der Waals surface area contributed by atoms with Crippen LogP contribution in [0.15, 0.2) is 40.0 Å². The molecule has 1 atom stereocenters. The lowest BCUT2D eigenvalue weighted by molar-refractivity contribution is 0.119. The predicted molar refractivity (Wildman–Crippen MR) is 88.5 cm³/mol. The summed E-state index contributed by atoms with van der Waals surface area (Å²) in [5.74, 6) is -1.88. The molecule has 1 fully saturated rings. The van der Waals surface area contributed by atoms with Gasteiger partial charge in [0.1, 0.15) is 17.7 Å². The molecule has 1 saturated heterocycles. The summed E-state index contributed by atoms with van der Waals surface area (Å²) in [6.45, 7) is 0.307. The van der Waals surface area contributed by atoms with E-state index >= 15 is 0 Å². The van der Waals surface area contributed by atoms with E-state index in [1.165, 1.54) is 12.4 Å². The van der Waals surface area contributed by atoms with E-state index in [0.717, 1.165) is 16.4 Å². The molecule has 0 radical (unpaired) electrons. The molecular formula is C15H14BrF2N3O3S. The number of halogens is 3. The maximum Gasteiger partial charge on any atom is 0.316 e. The summed E-state index contributed by atoms with van der Waals surface area (Å²) in [5, 5.41) is 0. The summed E-state index contributed by atoms with van der Waals surface area (Å²) >= 11 is 3.21. The van der Waals surface area contributed by atoms with Gasteiger partial charge >= 0.3 is 6.01 Å². The molecule has 0 aliphatic carbocycles. The molecule has 0 amide bonds. The molecule has 0 saturated carbocycles. The van der Waals surface area contributed by atoms with E-state index in [1.807, 2.05) is 0 Å². The van der Waals surface area contributed by atoms with Crippen molar-refractivity contribution in [1.82, 2.24) is 14.3 Å². The Labute approximate surface area is 152 Å². The molecule has 1 aromatic heterocycles. The first kappa shape index (κ1) is 18.2. The van der Waals surface area contributed by atoms with Crippen LogP contribution in [0.2, 0.25) is 0 Å². The van der Waals surface area contributed by atoms with Crippen molar-refractivity contribution in [2.45, 2.75) is 23.8 Å². The Morgan fingerprint density at radius 3 is 2.44 bits per heavy atom. The highest BCUT2D eigenvalue weighted by molar-refractivity contribution is 9.10. The van der Waals surface area contributed by atoms with Crippen molar-refractivity contribution in [1.29, 1.82) is 0 Å². The van der Waals surface area contributed by atoms with Crippen molar-refractivity contribution in [3.8, 4) is 6.01 Å². The molecule has 2 heterocycles. The fourth-order valence-corrected chi connectivity index (χ4v) is 4.31. The zero-order valence-electron chi connectivity index (χ0n) is 12.9. The van der Waals surface area contributed by atoms with E-state index in [9.17, 15) is 17.2 Å². The molecule has 134 valence electrons. The van der Waals surface area contributed by atoms with Gasteiger partial charge in [-0.1, -0.05) is 0 Å². The second kappa shape index (κ2) is 7.30. The second-order valence-electron chi connectivity index (χ2n) is 5.53. The standard InChI is InChI=1S/C15H14BrF2N3O3S/c16-10-7-19-15(20-8-10)24-13-2-1-3-21(9-13)25(22,23)14-5-11(17)4-12(18)6-14/h4-8,13H,1-3,9H2. The Morgan fingerprint density at radius 1 is 1.16 bits per heavy atom. The summed E-state index contributed by atoms with van der Waals surface area (Å²) < 4.78 is 59.5. The molecule has 1 aliphatic heterocycles. The van der Waals surface area contributed by atoms with E-state index in [4.69, 9.17) is 4.74 Å². The minimum absolute atomic E-state index is 0.0554. The van der Waals surface area contributed by atoms with Gasteiger partial charge in [0.25, 0.3) is 0 Å². The average molecular weight is 434 g/mol. The Kier molecular flexibility index (Phi) is 5.30. The number of nitrogens with zero attached hydrogens (tertiary/aromatic N) is 3. The molecule has 10 heteroatoms. The van der Waals surface area contributed by atoms with Gasteiger partial charge in [0.2, 0.25) is 10.0 Å².